The van der Waals surface area contributed by atoms with Crippen molar-refractivity contribution in [1.29, 1.82) is 5.26 Å². The van der Waals surface area contributed by atoms with E-state index in [0.717, 1.165) is 16.7 Å². The highest BCUT2D eigenvalue weighted by Crippen LogP contribution is 2.53. The molecule has 1 heterocycles. The number of thiazole rings is 1. The maximum atomic E-state index is 13.5. The SMILES string of the molecule is CC[C@@]1(C(=O)Nc2nccs2)Cc2ccc(C#N)cc2[C@@H]1c1ccccc1. The highest BCUT2D eigenvalue weighted by molar-refractivity contribution is 7.13. The topological polar surface area (TPSA) is 65.8 Å². The Labute approximate surface area is 162 Å². The fourth-order valence-corrected chi connectivity index (χ4v) is 4.71. The van der Waals surface area contributed by atoms with Crippen LogP contribution in [0.5, 0.6) is 0 Å². The molecular formula is C22H19N3OS. The maximum Gasteiger partial charge on any atom is 0.233 e. The second-order valence-corrected chi connectivity index (χ2v) is 7.74. The molecular weight excluding hydrogens is 354 g/mol. The molecule has 5 heteroatoms. The van der Waals surface area contributed by atoms with Gasteiger partial charge in [-0.1, -0.05) is 43.3 Å². The number of rotatable bonds is 4. The van der Waals surface area contributed by atoms with Crippen molar-refractivity contribution in [2.24, 2.45) is 5.41 Å². The molecule has 0 saturated carbocycles. The Balaban J connectivity index is 1.84. The summed E-state index contributed by atoms with van der Waals surface area (Å²) in [4.78, 5) is 17.7. The molecule has 0 fully saturated rings. The lowest BCUT2D eigenvalue weighted by molar-refractivity contribution is -0.126. The number of anilines is 1. The molecule has 0 bridgehead atoms. The summed E-state index contributed by atoms with van der Waals surface area (Å²) in [7, 11) is 0. The first-order valence-corrected chi connectivity index (χ1v) is 9.84. The van der Waals surface area contributed by atoms with E-state index in [1.165, 1.54) is 11.3 Å². The number of hydrogen-bond acceptors (Lipinski definition) is 4. The lowest BCUT2D eigenvalue weighted by Gasteiger charge is -2.33. The molecule has 2 atom stereocenters. The van der Waals surface area contributed by atoms with Crippen LogP contribution in [0.2, 0.25) is 0 Å². The van der Waals surface area contributed by atoms with Crippen LogP contribution in [0.1, 0.15) is 41.5 Å². The molecule has 0 radical (unpaired) electrons. The minimum Gasteiger partial charge on any atom is -0.301 e. The van der Waals surface area contributed by atoms with Crippen LogP contribution in [-0.4, -0.2) is 10.9 Å². The fourth-order valence-electron chi connectivity index (χ4n) is 4.19. The van der Waals surface area contributed by atoms with Gasteiger partial charge >= 0.3 is 0 Å². The summed E-state index contributed by atoms with van der Waals surface area (Å²) in [6.07, 6.45) is 3.04. The van der Waals surface area contributed by atoms with Gasteiger partial charge in [0.15, 0.2) is 5.13 Å². The Morgan fingerprint density at radius 1 is 1.33 bits per heavy atom. The van der Waals surface area contributed by atoms with E-state index in [-0.39, 0.29) is 11.8 Å². The molecule has 4 rings (SSSR count). The van der Waals surface area contributed by atoms with Gasteiger partial charge in [-0.25, -0.2) is 4.98 Å². The van der Waals surface area contributed by atoms with E-state index < -0.39 is 5.41 Å². The number of nitrogens with one attached hydrogen (secondary N) is 1. The zero-order chi connectivity index (χ0) is 18.9. The molecule has 0 saturated heterocycles. The number of fused-ring (bicyclic) bond motifs is 1. The first kappa shape index (κ1) is 17.4. The summed E-state index contributed by atoms with van der Waals surface area (Å²) in [6, 6.07) is 18.1. The first-order valence-electron chi connectivity index (χ1n) is 8.97. The van der Waals surface area contributed by atoms with Crippen LogP contribution in [0.3, 0.4) is 0 Å². The van der Waals surface area contributed by atoms with Crippen molar-refractivity contribution < 1.29 is 4.79 Å². The van der Waals surface area contributed by atoms with Crippen molar-refractivity contribution in [1.82, 2.24) is 4.98 Å². The average molecular weight is 373 g/mol. The second-order valence-electron chi connectivity index (χ2n) is 6.85. The largest absolute Gasteiger partial charge is 0.301 e. The summed E-state index contributed by atoms with van der Waals surface area (Å²) < 4.78 is 0. The number of carbonyl (C=O) groups excluding carboxylic acids is 1. The smallest absolute Gasteiger partial charge is 0.233 e. The van der Waals surface area contributed by atoms with Gasteiger partial charge in [0.1, 0.15) is 0 Å². The Morgan fingerprint density at radius 3 is 2.81 bits per heavy atom. The summed E-state index contributed by atoms with van der Waals surface area (Å²) >= 11 is 1.42. The Kier molecular flexibility index (Phi) is 4.51. The molecule has 3 aromatic rings. The minimum atomic E-state index is -0.608. The number of hydrogen-bond donors (Lipinski definition) is 1. The molecule has 1 aliphatic rings. The van der Waals surface area contributed by atoms with Crippen LogP contribution in [-0.2, 0) is 11.2 Å². The molecule has 1 amide bonds. The van der Waals surface area contributed by atoms with Crippen molar-refractivity contribution in [3.8, 4) is 6.07 Å². The van der Waals surface area contributed by atoms with Crippen LogP contribution < -0.4 is 5.32 Å². The van der Waals surface area contributed by atoms with Gasteiger partial charge in [-0.3, -0.25) is 4.79 Å². The predicted molar refractivity (Wildman–Crippen MR) is 107 cm³/mol. The molecule has 4 nitrogen and oxygen atoms in total. The quantitative estimate of drug-likeness (QED) is 0.718. The molecule has 134 valence electrons. The fraction of sp³-hybridized carbons (Fsp3) is 0.227. The van der Waals surface area contributed by atoms with Gasteiger partial charge in [0.05, 0.1) is 17.0 Å². The minimum absolute atomic E-state index is 0.0106. The van der Waals surface area contributed by atoms with Crippen molar-refractivity contribution in [3.05, 3.63) is 82.4 Å². The monoisotopic (exact) mass is 373 g/mol. The summed E-state index contributed by atoms with van der Waals surface area (Å²) in [6.45, 7) is 2.06. The summed E-state index contributed by atoms with van der Waals surface area (Å²) in [5, 5.41) is 14.9. The lowest BCUT2D eigenvalue weighted by Crippen LogP contribution is -2.39. The Morgan fingerprint density at radius 2 is 2.15 bits per heavy atom. The van der Waals surface area contributed by atoms with Gasteiger partial charge < -0.3 is 5.32 Å². The van der Waals surface area contributed by atoms with Gasteiger partial charge in [0.25, 0.3) is 0 Å². The van der Waals surface area contributed by atoms with E-state index in [2.05, 4.69) is 35.4 Å². The number of nitriles is 1. The highest BCUT2D eigenvalue weighted by Gasteiger charge is 2.51. The number of amides is 1. The van der Waals surface area contributed by atoms with Crippen LogP contribution in [0, 0.1) is 16.7 Å². The van der Waals surface area contributed by atoms with Gasteiger partial charge in [0, 0.05) is 17.5 Å². The Hall–Kier alpha value is -2.97. The lowest BCUT2D eigenvalue weighted by atomic mass is 9.70. The third kappa shape index (κ3) is 2.92. The number of aromatic nitrogens is 1. The van der Waals surface area contributed by atoms with Crippen LogP contribution in [0.25, 0.3) is 0 Å². The molecule has 2 aromatic carbocycles. The zero-order valence-electron chi connectivity index (χ0n) is 15.0. The van der Waals surface area contributed by atoms with Gasteiger partial charge in [-0.2, -0.15) is 5.26 Å². The van der Waals surface area contributed by atoms with Crippen molar-refractivity contribution in [2.45, 2.75) is 25.7 Å². The average Bonchev–Trinajstić information content (AvgIpc) is 3.33. The van der Waals surface area contributed by atoms with Gasteiger partial charge in [-0.15, -0.1) is 11.3 Å². The van der Waals surface area contributed by atoms with Crippen molar-refractivity contribution >= 4 is 22.4 Å². The van der Waals surface area contributed by atoms with Crippen LogP contribution >= 0.6 is 11.3 Å². The highest BCUT2D eigenvalue weighted by atomic mass is 32.1. The van der Waals surface area contributed by atoms with E-state index in [4.69, 9.17) is 0 Å². The maximum absolute atomic E-state index is 13.5. The standard InChI is InChI=1S/C22H19N3OS/c1-2-22(20(26)25-21-24-10-11-27-21)13-17-9-8-15(14-23)12-18(17)19(22)16-6-4-3-5-7-16/h3-12,19H,2,13H2,1H3,(H,24,25,26)/t19-,22+/m0/s1. The van der Waals surface area contributed by atoms with E-state index >= 15 is 0 Å². The van der Waals surface area contributed by atoms with Crippen LogP contribution in [0.15, 0.2) is 60.1 Å². The molecule has 1 aromatic heterocycles. The van der Waals surface area contributed by atoms with E-state index in [0.29, 0.717) is 23.5 Å². The normalized spacial score (nSPS) is 20.7. The number of nitrogens with zero attached hydrogens (tertiary/aromatic N) is 2. The van der Waals surface area contributed by atoms with Gasteiger partial charge in [-0.05, 0) is 41.7 Å². The van der Waals surface area contributed by atoms with E-state index in [1.54, 1.807) is 6.20 Å². The Bertz CT molecular complexity index is 1010. The van der Waals surface area contributed by atoms with Crippen LogP contribution in [0.4, 0.5) is 5.13 Å². The van der Waals surface area contributed by atoms with Crippen molar-refractivity contribution in [3.63, 3.8) is 0 Å². The number of benzene rings is 2. The summed E-state index contributed by atoms with van der Waals surface area (Å²) in [5.41, 5.74) is 3.34. The molecule has 0 spiro atoms. The third-order valence-electron chi connectivity index (χ3n) is 5.51. The van der Waals surface area contributed by atoms with E-state index in [9.17, 15) is 10.1 Å². The molecule has 0 aliphatic heterocycles. The first-order chi connectivity index (χ1) is 13.2. The summed E-state index contributed by atoms with van der Waals surface area (Å²) in [5.74, 6) is -0.101. The molecule has 1 N–H and O–H groups in total. The molecule has 0 unspecified atom stereocenters. The zero-order valence-corrected chi connectivity index (χ0v) is 15.8. The number of carbonyl (C=O) groups is 1. The predicted octanol–water partition coefficient (Wildman–Crippen LogP) is 4.74. The third-order valence-corrected chi connectivity index (χ3v) is 6.20. The second kappa shape index (κ2) is 6.98. The van der Waals surface area contributed by atoms with Crippen molar-refractivity contribution in [2.75, 3.05) is 5.32 Å². The van der Waals surface area contributed by atoms with Gasteiger partial charge in [0.2, 0.25) is 5.91 Å². The molecule has 1 aliphatic carbocycles. The van der Waals surface area contributed by atoms with E-state index in [1.807, 2.05) is 41.8 Å². The molecule has 27 heavy (non-hydrogen) atoms.